The van der Waals surface area contributed by atoms with Crippen molar-refractivity contribution in [1.82, 2.24) is 15.5 Å². The molecular weight excluding hydrogens is 262 g/mol. The third-order valence-corrected chi connectivity index (χ3v) is 3.29. The lowest BCUT2D eigenvalue weighted by Gasteiger charge is -2.00. The minimum atomic E-state index is 0.554. The molecule has 1 heterocycles. The molecule has 0 amide bonds. The second kappa shape index (κ2) is 6.68. The fraction of sp³-hybridized carbons (Fsp3) is 0.429. The highest BCUT2D eigenvalue weighted by Crippen LogP contribution is 2.23. The van der Waals surface area contributed by atoms with E-state index in [0.717, 1.165) is 42.1 Å². The Morgan fingerprint density at radius 1 is 1.32 bits per heavy atom. The Morgan fingerprint density at radius 3 is 2.89 bits per heavy atom. The van der Waals surface area contributed by atoms with Gasteiger partial charge in [0.1, 0.15) is 0 Å². The smallest absolute Gasteiger partial charge is 0.247 e. The molecule has 0 saturated carbocycles. The van der Waals surface area contributed by atoms with Crippen LogP contribution in [-0.4, -0.2) is 23.3 Å². The number of aromatic nitrogens is 2. The van der Waals surface area contributed by atoms with E-state index in [1.165, 1.54) is 0 Å². The first-order valence-corrected chi connectivity index (χ1v) is 6.88. The van der Waals surface area contributed by atoms with Crippen LogP contribution in [0.5, 0.6) is 0 Å². The number of halogens is 1. The second-order valence-electron chi connectivity index (χ2n) is 4.42. The summed E-state index contributed by atoms with van der Waals surface area (Å²) < 4.78 is 5.65. The van der Waals surface area contributed by atoms with Crippen molar-refractivity contribution in [3.8, 4) is 11.5 Å². The molecule has 0 aliphatic rings. The van der Waals surface area contributed by atoms with E-state index < -0.39 is 0 Å². The highest BCUT2D eigenvalue weighted by molar-refractivity contribution is 6.31. The van der Waals surface area contributed by atoms with Gasteiger partial charge >= 0.3 is 0 Å². The first-order valence-electron chi connectivity index (χ1n) is 6.50. The Balaban J connectivity index is 2.01. The van der Waals surface area contributed by atoms with Crippen molar-refractivity contribution < 1.29 is 4.42 Å². The van der Waals surface area contributed by atoms with Crippen LogP contribution in [0.25, 0.3) is 11.5 Å². The number of benzene rings is 1. The molecule has 5 heteroatoms. The summed E-state index contributed by atoms with van der Waals surface area (Å²) in [6, 6.07) is 5.70. The summed E-state index contributed by atoms with van der Waals surface area (Å²) in [6.07, 6.45) is 1.79. The van der Waals surface area contributed by atoms with Crippen molar-refractivity contribution in [2.45, 2.75) is 26.7 Å². The van der Waals surface area contributed by atoms with Gasteiger partial charge in [-0.05, 0) is 50.2 Å². The highest BCUT2D eigenvalue weighted by atomic mass is 35.5. The maximum absolute atomic E-state index is 6.00. The largest absolute Gasteiger partial charge is 0.421 e. The van der Waals surface area contributed by atoms with Crippen molar-refractivity contribution >= 4 is 11.6 Å². The van der Waals surface area contributed by atoms with Gasteiger partial charge in [-0.2, -0.15) is 0 Å². The number of nitrogens with one attached hydrogen (secondary N) is 1. The summed E-state index contributed by atoms with van der Waals surface area (Å²) in [5, 5.41) is 12.2. The van der Waals surface area contributed by atoms with Gasteiger partial charge in [-0.1, -0.05) is 18.5 Å². The molecule has 0 bridgehead atoms. The number of hydrogen-bond donors (Lipinski definition) is 1. The number of hydrogen-bond acceptors (Lipinski definition) is 4. The zero-order valence-electron chi connectivity index (χ0n) is 11.2. The van der Waals surface area contributed by atoms with Gasteiger partial charge in [-0.25, -0.2) is 0 Å². The van der Waals surface area contributed by atoms with Gasteiger partial charge in [0, 0.05) is 17.0 Å². The van der Waals surface area contributed by atoms with Crippen LogP contribution in [0.15, 0.2) is 22.6 Å². The van der Waals surface area contributed by atoms with E-state index in [-0.39, 0.29) is 0 Å². The van der Waals surface area contributed by atoms with Crippen LogP contribution in [0.3, 0.4) is 0 Å². The van der Waals surface area contributed by atoms with Crippen LogP contribution in [0.1, 0.15) is 24.8 Å². The average molecular weight is 280 g/mol. The molecule has 0 aliphatic carbocycles. The molecule has 0 radical (unpaired) electrons. The van der Waals surface area contributed by atoms with Crippen LogP contribution in [0.4, 0.5) is 0 Å². The highest BCUT2D eigenvalue weighted by Gasteiger charge is 2.09. The standard InChI is InChI=1S/C14H18ClN3O/c1-3-16-8-4-5-13-17-18-14(19-13)11-6-7-12(15)10(2)9-11/h6-7,9,16H,3-5,8H2,1-2H3. The van der Waals surface area contributed by atoms with Gasteiger partial charge in [0.15, 0.2) is 0 Å². The molecule has 0 saturated heterocycles. The number of nitrogens with zero attached hydrogens (tertiary/aromatic N) is 2. The van der Waals surface area contributed by atoms with Crippen molar-refractivity contribution in [3.05, 3.63) is 34.7 Å². The molecule has 0 aliphatic heterocycles. The number of rotatable bonds is 6. The molecule has 0 fully saturated rings. The minimum absolute atomic E-state index is 0.554. The quantitative estimate of drug-likeness (QED) is 0.825. The number of aryl methyl sites for hydroxylation is 2. The lowest BCUT2D eigenvalue weighted by molar-refractivity contribution is 0.492. The zero-order chi connectivity index (χ0) is 13.7. The Kier molecular flexibility index (Phi) is 4.93. The fourth-order valence-electron chi connectivity index (χ4n) is 1.79. The molecule has 4 nitrogen and oxygen atoms in total. The van der Waals surface area contributed by atoms with E-state index >= 15 is 0 Å². The molecule has 1 aromatic heterocycles. The van der Waals surface area contributed by atoms with E-state index in [9.17, 15) is 0 Å². The maximum atomic E-state index is 6.00. The normalized spacial score (nSPS) is 10.9. The van der Waals surface area contributed by atoms with Gasteiger partial charge in [0.05, 0.1) is 0 Å². The first-order chi connectivity index (χ1) is 9.20. The van der Waals surface area contributed by atoms with Gasteiger partial charge in [0.2, 0.25) is 11.8 Å². The van der Waals surface area contributed by atoms with E-state index in [1.807, 2.05) is 25.1 Å². The van der Waals surface area contributed by atoms with Gasteiger partial charge in [-0.15, -0.1) is 10.2 Å². The molecular formula is C14H18ClN3O. The molecule has 1 aromatic carbocycles. The van der Waals surface area contributed by atoms with Crippen molar-refractivity contribution in [2.75, 3.05) is 13.1 Å². The Morgan fingerprint density at radius 2 is 2.16 bits per heavy atom. The van der Waals surface area contributed by atoms with E-state index in [2.05, 4.69) is 22.4 Å². The third-order valence-electron chi connectivity index (χ3n) is 2.87. The summed E-state index contributed by atoms with van der Waals surface area (Å²) >= 11 is 6.00. The summed E-state index contributed by atoms with van der Waals surface area (Å²) in [5.41, 5.74) is 1.92. The Hall–Kier alpha value is -1.39. The molecule has 0 atom stereocenters. The first kappa shape index (κ1) is 14.0. The molecule has 19 heavy (non-hydrogen) atoms. The third kappa shape index (κ3) is 3.78. The van der Waals surface area contributed by atoms with Crippen LogP contribution in [0, 0.1) is 6.92 Å². The summed E-state index contributed by atoms with van der Waals surface area (Å²) in [6.45, 7) is 6.00. The van der Waals surface area contributed by atoms with Crippen LogP contribution >= 0.6 is 11.6 Å². The van der Waals surface area contributed by atoms with Crippen LogP contribution < -0.4 is 5.32 Å². The lowest BCUT2D eigenvalue weighted by Crippen LogP contribution is -2.14. The van der Waals surface area contributed by atoms with Gasteiger partial charge in [0.25, 0.3) is 0 Å². The predicted octanol–water partition coefficient (Wildman–Crippen LogP) is 3.24. The molecule has 2 aromatic rings. The van der Waals surface area contributed by atoms with Crippen molar-refractivity contribution in [2.24, 2.45) is 0 Å². The fourth-order valence-corrected chi connectivity index (χ4v) is 1.91. The van der Waals surface area contributed by atoms with Crippen LogP contribution in [0.2, 0.25) is 5.02 Å². The molecule has 0 spiro atoms. The monoisotopic (exact) mass is 279 g/mol. The summed E-state index contributed by atoms with van der Waals surface area (Å²) in [4.78, 5) is 0. The van der Waals surface area contributed by atoms with Crippen LogP contribution in [-0.2, 0) is 6.42 Å². The van der Waals surface area contributed by atoms with Gasteiger partial charge < -0.3 is 9.73 Å². The average Bonchev–Trinajstić information content (AvgIpc) is 2.87. The molecule has 0 unspecified atom stereocenters. The van der Waals surface area contributed by atoms with E-state index in [1.54, 1.807) is 0 Å². The van der Waals surface area contributed by atoms with Gasteiger partial charge in [-0.3, -0.25) is 0 Å². The second-order valence-corrected chi connectivity index (χ2v) is 4.83. The molecule has 2 rings (SSSR count). The van der Waals surface area contributed by atoms with Crippen molar-refractivity contribution in [1.29, 1.82) is 0 Å². The van der Waals surface area contributed by atoms with Crippen molar-refractivity contribution in [3.63, 3.8) is 0 Å². The molecule has 102 valence electrons. The topological polar surface area (TPSA) is 51.0 Å². The summed E-state index contributed by atoms with van der Waals surface area (Å²) in [5.74, 6) is 1.23. The maximum Gasteiger partial charge on any atom is 0.247 e. The lowest BCUT2D eigenvalue weighted by atomic mass is 10.1. The Labute approximate surface area is 118 Å². The predicted molar refractivity (Wildman–Crippen MR) is 76.3 cm³/mol. The minimum Gasteiger partial charge on any atom is -0.421 e. The Bertz CT molecular complexity index is 539. The molecule has 1 N–H and O–H groups in total. The SMILES string of the molecule is CCNCCCc1nnc(-c2ccc(Cl)c(C)c2)o1. The summed E-state index contributed by atoms with van der Waals surface area (Å²) in [7, 11) is 0. The van der Waals surface area contributed by atoms with E-state index in [0.29, 0.717) is 11.8 Å². The zero-order valence-corrected chi connectivity index (χ0v) is 12.0. The van der Waals surface area contributed by atoms with E-state index in [4.69, 9.17) is 16.0 Å².